The summed E-state index contributed by atoms with van der Waals surface area (Å²) in [6, 6.07) is 15.7. The van der Waals surface area contributed by atoms with E-state index in [9.17, 15) is 14.4 Å². The molecule has 0 atom stereocenters. The molecule has 4 rings (SSSR count). The second-order valence-corrected chi connectivity index (χ2v) is 6.05. The van der Waals surface area contributed by atoms with Gasteiger partial charge in [0.1, 0.15) is 5.88 Å². The molecule has 0 fully saturated rings. The van der Waals surface area contributed by atoms with Crippen molar-refractivity contribution in [3.8, 4) is 0 Å². The number of hydrogen-bond acceptors (Lipinski definition) is 3. The van der Waals surface area contributed by atoms with Crippen molar-refractivity contribution in [3.05, 3.63) is 76.9 Å². The van der Waals surface area contributed by atoms with Crippen LogP contribution in [0.25, 0.3) is 10.8 Å². The van der Waals surface area contributed by atoms with Crippen molar-refractivity contribution in [2.24, 2.45) is 0 Å². The van der Waals surface area contributed by atoms with Crippen LogP contribution in [0.3, 0.4) is 0 Å². The minimum atomic E-state index is -0.431. The lowest BCUT2D eigenvalue weighted by molar-refractivity contribution is -0.113. The Balaban J connectivity index is 2.07. The van der Waals surface area contributed by atoms with E-state index in [2.05, 4.69) is 5.32 Å². The van der Waals surface area contributed by atoms with Gasteiger partial charge in [-0.15, -0.1) is 11.6 Å². The van der Waals surface area contributed by atoms with Crippen LogP contribution >= 0.6 is 11.6 Å². The van der Waals surface area contributed by atoms with Gasteiger partial charge in [-0.1, -0.05) is 48.5 Å². The average molecular weight is 350 g/mol. The molecule has 25 heavy (non-hydrogen) atoms. The Kier molecular flexibility index (Phi) is 3.62. The first-order valence-corrected chi connectivity index (χ1v) is 8.25. The summed E-state index contributed by atoms with van der Waals surface area (Å²) in [5.74, 6) is -1.17. The van der Waals surface area contributed by atoms with Crippen molar-refractivity contribution < 1.29 is 14.4 Å². The van der Waals surface area contributed by atoms with Crippen LogP contribution in [-0.4, -0.2) is 23.4 Å². The number of fused-ring (bicyclic) bond motifs is 3. The molecule has 0 saturated heterocycles. The number of carbonyl (C=O) groups is 3. The number of nitrogens with one attached hydrogen (secondary N) is 1. The quantitative estimate of drug-likeness (QED) is 0.560. The van der Waals surface area contributed by atoms with E-state index in [0.29, 0.717) is 27.8 Å². The van der Waals surface area contributed by atoms with Crippen molar-refractivity contribution in [1.29, 1.82) is 0 Å². The van der Waals surface area contributed by atoms with E-state index in [-0.39, 0.29) is 23.0 Å². The fraction of sp³-hybridized carbons (Fsp3) is 0.0500. The van der Waals surface area contributed by atoms with E-state index in [1.54, 1.807) is 36.4 Å². The number of halogens is 1. The number of amides is 1. The summed E-state index contributed by atoms with van der Waals surface area (Å²) in [6.07, 6.45) is 0. The van der Waals surface area contributed by atoms with Crippen LogP contribution in [0, 0.1) is 0 Å². The zero-order valence-corrected chi connectivity index (χ0v) is 13.8. The van der Waals surface area contributed by atoms with Gasteiger partial charge in [0.05, 0.1) is 11.3 Å². The summed E-state index contributed by atoms with van der Waals surface area (Å²) >= 11 is 5.62. The highest BCUT2D eigenvalue weighted by Gasteiger charge is 2.33. The molecule has 0 aliphatic heterocycles. The first-order valence-electron chi connectivity index (χ1n) is 7.72. The van der Waals surface area contributed by atoms with Gasteiger partial charge in [0.15, 0.2) is 11.6 Å². The fourth-order valence-corrected chi connectivity index (χ4v) is 3.29. The maximum Gasteiger partial charge on any atom is 0.239 e. The summed E-state index contributed by atoms with van der Waals surface area (Å²) in [4.78, 5) is 37.9. The number of benzene rings is 3. The summed E-state index contributed by atoms with van der Waals surface area (Å²) in [6.45, 7) is 0. The van der Waals surface area contributed by atoms with Gasteiger partial charge in [-0.25, -0.2) is 0 Å². The Morgan fingerprint density at radius 3 is 2.24 bits per heavy atom. The summed E-state index contributed by atoms with van der Waals surface area (Å²) in [7, 11) is 0. The zero-order valence-electron chi connectivity index (χ0n) is 13.0. The smallest absolute Gasteiger partial charge is 0.239 e. The number of anilines is 1. The summed E-state index contributed by atoms with van der Waals surface area (Å²) in [5, 5.41) is 4.17. The van der Waals surface area contributed by atoms with Crippen LogP contribution in [-0.2, 0) is 4.79 Å². The third-order valence-electron chi connectivity index (χ3n) is 4.32. The molecular weight excluding hydrogens is 338 g/mol. The minimum absolute atomic E-state index is 0.223. The maximum atomic E-state index is 13.1. The van der Waals surface area contributed by atoms with E-state index in [1.807, 2.05) is 18.2 Å². The van der Waals surface area contributed by atoms with E-state index < -0.39 is 5.91 Å². The third-order valence-corrected chi connectivity index (χ3v) is 4.57. The normalized spacial score (nSPS) is 12.7. The molecule has 0 saturated carbocycles. The lowest BCUT2D eigenvalue weighted by Crippen LogP contribution is -2.24. The lowest BCUT2D eigenvalue weighted by Gasteiger charge is -2.22. The van der Waals surface area contributed by atoms with Crippen LogP contribution < -0.4 is 5.32 Å². The Labute approximate surface area is 148 Å². The zero-order chi connectivity index (χ0) is 17.6. The highest BCUT2D eigenvalue weighted by atomic mass is 35.5. The number of alkyl halides is 1. The van der Waals surface area contributed by atoms with Gasteiger partial charge in [0.2, 0.25) is 5.91 Å². The first kappa shape index (κ1) is 15.5. The first-order chi connectivity index (χ1) is 12.1. The second-order valence-electron chi connectivity index (χ2n) is 5.78. The molecule has 0 unspecified atom stereocenters. The number of carbonyl (C=O) groups excluding carboxylic acids is 3. The Morgan fingerprint density at radius 2 is 1.52 bits per heavy atom. The fourth-order valence-electron chi connectivity index (χ4n) is 3.22. The second kappa shape index (κ2) is 5.83. The van der Waals surface area contributed by atoms with Gasteiger partial charge in [0, 0.05) is 22.1 Å². The molecule has 4 nitrogen and oxygen atoms in total. The van der Waals surface area contributed by atoms with Gasteiger partial charge < -0.3 is 5.32 Å². The molecule has 3 aromatic rings. The molecular formula is C20H12ClNO3. The van der Waals surface area contributed by atoms with E-state index in [1.165, 1.54) is 0 Å². The molecule has 3 aromatic carbocycles. The van der Waals surface area contributed by atoms with Crippen molar-refractivity contribution >= 4 is 45.5 Å². The van der Waals surface area contributed by atoms with E-state index >= 15 is 0 Å². The molecule has 0 bridgehead atoms. The van der Waals surface area contributed by atoms with Gasteiger partial charge in [-0.2, -0.15) is 0 Å². The lowest BCUT2D eigenvalue weighted by atomic mass is 9.81. The Hall–Kier alpha value is -2.98. The third kappa shape index (κ3) is 2.34. The minimum Gasteiger partial charge on any atom is -0.324 e. The highest BCUT2D eigenvalue weighted by molar-refractivity contribution is 6.34. The summed E-state index contributed by atoms with van der Waals surface area (Å²) < 4.78 is 0. The average Bonchev–Trinajstić information content (AvgIpc) is 2.65. The SMILES string of the molecule is O=C(CCl)Nc1c2c(cc3ccccc13)C(=O)c1ccccc1C2=O. The standard InChI is InChI=1S/C20H12ClNO3/c21-10-16(23)22-18-12-6-2-1-5-11(12)9-15-17(18)20(25)14-8-4-3-7-13(14)19(15)24/h1-9H,10H2,(H,22,23). The predicted molar refractivity (Wildman–Crippen MR) is 96.6 cm³/mol. The molecule has 0 heterocycles. The predicted octanol–water partition coefficient (Wildman–Crippen LogP) is 3.79. The molecule has 1 amide bonds. The number of rotatable bonds is 2. The van der Waals surface area contributed by atoms with Gasteiger partial charge in [-0.05, 0) is 11.5 Å². The summed E-state index contributed by atoms with van der Waals surface area (Å²) in [5.41, 5.74) is 1.58. The Morgan fingerprint density at radius 1 is 0.880 bits per heavy atom. The molecule has 5 heteroatoms. The van der Waals surface area contributed by atoms with E-state index in [0.717, 1.165) is 5.39 Å². The molecule has 0 radical (unpaired) electrons. The van der Waals surface area contributed by atoms with Crippen LogP contribution in [0.1, 0.15) is 31.8 Å². The topological polar surface area (TPSA) is 63.2 Å². The largest absolute Gasteiger partial charge is 0.324 e. The monoisotopic (exact) mass is 349 g/mol. The molecule has 1 aliphatic rings. The van der Waals surface area contributed by atoms with Gasteiger partial charge >= 0.3 is 0 Å². The molecule has 0 spiro atoms. The number of hydrogen-bond donors (Lipinski definition) is 1. The maximum absolute atomic E-state index is 13.1. The van der Waals surface area contributed by atoms with Crippen molar-refractivity contribution in [1.82, 2.24) is 0 Å². The van der Waals surface area contributed by atoms with Crippen molar-refractivity contribution in [2.75, 3.05) is 11.2 Å². The number of ketones is 2. The molecule has 122 valence electrons. The van der Waals surface area contributed by atoms with Crippen molar-refractivity contribution in [2.45, 2.75) is 0 Å². The van der Waals surface area contributed by atoms with E-state index in [4.69, 9.17) is 11.6 Å². The molecule has 0 aromatic heterocycles. The van der Waals surface area contributed by atoms with Crippen LogP contribution in [0.4, 0.5) is 5.69 Å². The Bertz CT molecular complexity index is 1070. The highest BCUT2D eigenvalue weighted by Crippen LogP contribution is 2.37. The van der Waals surface area contributed by atoms with Crippen LogP contribution in [0.5, 0.6) is 0 Å². The van der Waals surface area contributed by atoms with Crippen molar-refractivity contribution in [3.63, 3.8) is 0 Å². The molecule has 1 N–H and O–H groups in total. The molecule has 1 aliphatic carbocycles. The van der Waals surface area contributed by atoms with Crippen LogP contribution in [0.15, 0.2) is 54.6 Å². The van der Waals surface area contributed by atoms with Gasteiger partial charge in [0.25, 0.3) is 0 Å². The van der Waals surface area contributed by atoms with Crippen LogP contribution in [0.2, 0.25) is 0 Å². The van der Waals surface area contributed by atoms with Gasteiger partial charge in [-0.3, -0.25) is 14.4 Å².